The van der Waals surface area contributed by atoms with Gasteiger partial charge >= 0.3 is 6.15 Å². The lowest BCUT2D eigenvalue weighted by Crippen LogP contribution is -1.88. The molecule has 11 heavy (non-hydrogen) atoms. The quantitative estimate of drug-likeness (QED) is 0.555. The molecular formula is C5H7N3O3. The van der Waals surface area contributed by atoms with Crippen LogP contribution < -0.4 is 0 Å². The Labute approximate surface area is 62.4 Å². The van der Waals surface area contributed by atoms with Gasteiger partial charge in [-0.1, -0.05) is 11.8 Å². The van der Waals surface area contributed by atoms with E-state index in [0.717, 1.165) is 12.1 Å². The van der Waals surface area contributed by atoms with E-state index in [9.17, 15) is 0 Å². The van der Waals surface area contributed by atoms with Gasteiger partial charge in [0, 0.05) is 0 Å². The van der Waals surface area contributed by atoms with Crippen LogP contribution in [0.25, 0.3) is 0 Å². The summed E-state index contributed by atoms with van der Waals surface area (Å²) in [6.07, 6.45) is 2.53. The van der Waals surface area contributed by atoms with Crippen LogP contribution >= 0.6 is 0 Å². The van der Waals surface area contributed by atoms with Gasteiger partial charge in [0.25, 0.3) is 0 Å². The average molecular weight is 157 g/mol. The molecule has 1 heterocycles. The van der Waals surface area contributed by atoms with Crippen molar-refractivity contribution in [2.75, 3.05) is 0 Å². The van der Waals surface area contributed by atoms with Gasteiger partial charge in [-0.2, -0.15) is 9.59 Å². The Morgan fingerprint density at radius 3 is 2.45 bits per heavy atom. The van der Waals surface area contributed by atoms with Crippen molar-refractivity contribution in [3.63, 3.8) is 0 Å². The third-order valence-corrected chi connectivity index (χ3v) is 0.892. The van der Waals surface area contributed by atoms with E-state index in [0.29, 0.717) is 4.85 Å². The smallest absolute Gasteiger partial charge is 0.373 e. The number of carbonyl (C=O) groups excluding carboxylic acids is 2. The van der Waals surface area contributed by atoms with Crippen molar-refractivity contribution in [2.45, 2.75) is 13.3 Å². The summed E-state index contributed by atoms with van der Waals surface area (Å²) in [6, 6.07) is 0. The molecule has 1 N–H and O–H groups in total. The van der Waals surface area contributed by atoms with E-state index in [4.69, 9.17) is 14.8 Å². The molecule has 1 rings (SSSR count). The minimum Gasteiger partial charge on any atom is -0.411 e. The SMILES string of the molecule is CCc1cn(O)nn1.O=C=O. The summed E-state index contributed by atoms with van der Waals surface area (Å²) in [7, 11) is 0. The zero-order valence-corrected chi connectivity index (χ0v) is 5.89. The number of aromatic nitrogens is 3. The molecule has 6 heteroatoms. The summed E-state index contributed by atoms with van der Waals surface area (Å²) in [5, 5.41) is 15.4. The topological polar surface area (TPSA) is 85.1 Å². The molecule has 0 radical (unpaired) electrons. The Morgan fingerprint density at radius 2 is 2.27 bits per heavy atom. The lowest BCUT2D eigenvalue weighted by atomic mass is 10.4. The highest BCUT2D eigenvalue weighted by molar-refractivity contribution is 5.20. The van der Waals surface area contributed by atoms with E-state index in [-0.39, 0.29) is 6.15 Å². The fourth-order valence-corrected chi connectivity index (χ4v) is 0.450. The van der Waals surface area contributed by atoms with Crippen LogP contribution in [0.4, 0.5) is 0 Å². The number of aryl methyl sites for hydroxylation is 1. The molecule has 0 bridgehead atoms. The summed E-state index contributed by atoms with van der Waals surface area (Å²) >= 11 is 0. The van der Waals surface area contributed by atoms with E-state index in [1.165, 1.54) is 6.20 Å². The standard InChI is InChI=1S/C4H7N3O.CO2/c1-2-4-3-7(8)6-5-4;2-1-3/h3,8H,2H2,1H3;. The van der Waals surface area contributed by atoms with Crippen LogP contribution in [0.3, 0.4) is 0 Å². The zero-order chi connectivity index (χ0) is 8.69. The normalized spacial score (nSPS) is 7.73. The van der Waals surface area contributed by atoms with Crippen molar-refractivity contribution in [3.05, 3.63) is 11.9 Å². The Bertz CT molecular complexity index is 239. The van der Waals surface area contributed by atoms with Crippen LogP contribution in [0.1, 0.15) is 12.6 Å². The molecule has 0 atom stereocenters. The predicted octanol–water partition coefficient (Wildman–Crippen LogP) is -0.506. The molecule has 0 aliphatic rings. The maximum absolute atomic E-state index is 8.53. The maximum Gasteiger partial charge on any atom is 0.373 e. The fraction of sp³-hybridized carbons (Fsp3) is 0.400. The third kappa shape index (κ3) is 3.83. The van der Waals surface area contributed by atoms with Crippen LogP contribution in [0.2, 0.25) is 0 Å². The van der Waals surface area contributed by atoms with Gasteiger partial charge in [0.2, 0.25) is 0 Å². The molecule has 0 amide bonds. The second-order valence-corrected chi connectivity index (χ2v) is 1.57. The highest BCUT2D eigenvalue weighted by Crippen LogP contribution is 1.88. The molecule has 0 fully saturated rings. The minimum absolute atomic E-state index is 0.250. The van der Waals surface area contributed by atoms with Gasteiger partial charge in [-0.05, 0) is 11.6 Å². The van der Waals surface area contributed by atoms with E-state index >= 15 is 0 Å². The van der Waals surface area contributed by atoms with Crippen molar-refractivity contribution in [1.29, 1.82) is 0 Å². The second kappa shape index (κ2) is 5.13. The first-order chi connectivity index (χ1) is 5.24. The number of hydrogen-bond donors (Lipinski definition) is 1. The summed E-state index contributed by atoms with van der Waals surface area (Å²) in [4.78, 5) is 17.0. The molecule has 6 nitrogen and oxygen atoms in total. The van der Waals surface area contributed by atoms with Gasteiger partial charge in [-0.25, -0.2) is 0 Å². The van der Waals surface area contributed by atoms with Gasteiger partial charge in [0.05, 0.1) is 11.9 Å². The first-order valence-corrected chi connectivity index (χ1v) is 2.84. The van der Waals surface area contributed by atoms with Gasteiger partial charge in [-0.3, -0.25) is 0 Å². The van der Waals surface area contributed by atoms with E-state index in [1.807, 2.05) is 6.92 Å². The molecule has 0 aliphatic heterocycles. The molecule has 0 saturated carbocycles. The van der Waals surface area contributed by atoms with E-state index in [1.54, 1.807) is 0 Å². The van der Waals surface area contributed by atoms with Gasteiger partial charge in [-0.15, -0.1) is 5.10 Å². The highest BCUT2D eigenvalue weighted by Gasteiger charge is 1.91. The first kappa shape index (κ1) is 9.32. The monoisotopic (exact) mass is 157 g/mol. The Kier molecular flexibility index (Phi) is 4.35. The summed E-state index contributed by atoms with van der Waals surface area (Å²) < 4.78 is 0. The number of rotatable bonds is 1. The molecule has 60 valence electrons. The zero-order valence-electron chi connectivity index (χ0n) is 5.89. The van der Waals surface area contributed by atoms with Gasteiger partial charge in [0.1, 0.15) is 0 Å². The lowest BCUT2D eigenvalue weighted by molar-refractivity contribution is -0.191. The summed E-state index contributed by atoms with van der Waals surface area (Å²) in [5.41, 5.74) is 0.799. The summed E-state index contributed by atoms with van der Waals surface area (Å²) in [6.45, 7) is 1.95. The molecule has 1 aromatic heterocycles. The van der Waals surface area contributed by atoms with Crippen molar-refractivity contribution in [1.82, 2.24) is 15.2 Å². The van der Waals surface area contributed by atoms with Gasteiger partial charge in [0.15, 0.2) is 0 Å². The lowest BCUT2D eigenvalue weighted by Gasteiger charge is -1.77. The molecule has 0 spiro atoms. The highest BCUT2D eigenvalue weighted by atomic mass is 16.5. The van der Waals surface area contributed by atoms with E-state index < -0.39 is 0 Å². The second-order valence-electron chi connectivity index (χ2n) is 1.57. The summed E-state index contributed by atoms with van der Waals surface area (Å²) in [5.74, 6) is 0. The molecule has 0 aromatic carbocycles. The van der Waals surface area contributed by atoms with Crippen molar-refractivity contribution in [3.8, 4) is 0 Å². The largest absolute Gasteiger partial charge is 0.411 e. The van der Waals surface area contributed by atoms with Crippen LogP contribution in [-0.4, -0.2) is 26.5 Å². The van der Waals surface area contributed by atoms with Crippen LogP contribution in [0, 0.1) is 0 Å². The molecular weight excluding hydrogens is 150 g/mol. The molecule has 0 saturated heterocycles. The van der Waals surface area contributed by atoms with Gasteiger partial charge < -0.3 is 5.21 Å². The first-order valence-electron chi connectivity index (χ1n) is 2.84. The maximum atomic E-state index is 8.53. The van der Waals surface area contributed by atoms with Crippen molar-refractivity contribution in [2.24, 2.45) is 0 Å². The van der Waals surface area contributed by atoms with E-state index in [2.05, 4.69) is 10.3 Å². The molecule has 0 unspecified atom stereocenters. The Balaban J connectivity index is 0.000000292. The molecule has 1 aromatic rings. The van der Waals surface area contributed by atoms with Crippen LogP contribution in [0.5, 0.6) is 0 Å². The molecule has 0 aliphatic carbocycles. The number of hydrogen-bond acceptors (Lipinski definition) is 5. The van der Waals surface area contributed by atoms with Crippen LogP contribution in [0.15, 0.2) is 6.20 Å². The Morgan fingerprint density at radius 1 is 1.73 bits per heavy atom. The van der Waals surface area contributed by atoms with Crippen molar-refractivity contribution >= 4 is 6.15 Å². The average Bonchev–Trinajstić information content (AvgIpc) is 2.37. The van der Waals surface area contributed by atoms with Crippen molar-refractivity contribution < 1.29 is 14.8 Å². The minimum atomic E-state index is 0.250. The fourth-order valence-electron chi connectivity index (χ4n) is 0.450. The Hall–Kier alpha value is -1.68. The predicted molar refractivity (Wildman–Crippen MR) is 31.6 cm³/mol. The third-order valence-electron chi connectivity index (χ3n) is 0.892. The number of nitrogens with zero attached hydrogens (tertiary/aromatic N) is 3. The van der Waals surface area contributed by atoms with Crippen LogP contribution in [-0.2, 0) is 16.0 Å².